The van der Waals surface area contributed by atoms with Crippen molar-refractivity contribution >= 4 is 20.8 Å². The number of nitrogens with zero attached hydrogens (tertiary/aromatic N) is 2. The van der Waals surface area contributed by atoms with Crippen LogP contribution >= 0.6 is 0 Å². The van der Waals surface area contributed by atoms with Crippen molar-refractivity contribution in [3.63, 3.8) is 0 Å². The smallest absolute Gasteiger partial charge is 0.221 e. The third kappa shape index (κ3) is 5.46. The Hall–Kier alpha value is -3.10. The number of hydrogen-bond acceptors (Lipinski definition) is 7. The first-order chi connectivity index (χ1) is 15.5. The van der Waals surface area contributed by atoms with Crippen LogP contribution in [0, 0.1) is 0 Å². The Balaban J connectivity index is 2.26. The molecule has 1 aromatic heterocycles. The molecule has 0 radical (unpaired) electrons. The van der Waals surface area contributed by atoms with Gasteiger partial charge in [0.1, 0.15) is 11.9 Å². The molecule has 3 aromatic rings. The van der Waals surface area contributed by atoms with Gasteiger partial charge in [0.25, 0.3) is 0 Å². The van der Waals surface area contributed by atoms with Crippen molar-refractivity contribution in [2.75, 3.05) is 25.7 Å². The summed E-state index contributed by atoms with van der Waals surface area (Å²) in [5.41, 5.74) is 16.7. The molecule has 2 aromatic carbocycles. The Kier molecular flexibility index (Phi) is 7.29. The molecule has 0 aliphatic rings. The summed E-state index contributed by atoms with van der Waals surface area (Å²) in [6.07, 6.45) is 1.18. The normalized spacial score (nSPS) is 12.6. The Bertz CT molecular complexity index is 1130. The molecule has 7 nitrogen and oxygen atoms in total. The highest BCUT2D eigenvalue weighted by molar-refractivity contribution is 6.48. The van der Waals surface area contributed by atoms with E-state index in [0.29, 0.717) is 22.9 Å². The maximum Gasteiger partial charge on any atom is 0.221 e. The first kappa shape index (κ1) is 24.5. The van der Waals surface area contributed by atoms with Gasteiger partial charge >= 0.3 is 0 Å². The predicted octanol–water partition coefficient (Wildman–Crippen LogP) is 4.71. The van der Waals surface area contributed by atoms with Gasteiger partial charge in [-0.15, -0.1) is 0 Å². The van der Waals surface area contributed by atoms with Gasteiger partial charge in [-0.25, -0.2) is 4.98 Å². The largest absolute Gasteiger partial charge is 0.493 e. The third-order valence-corrected chi connectivity index (χ3v) is 6.22. The van der Waals surface area contributed by atoms with Crippen LogP contribution in [0.3, 0.4) is 0 Å². The average molecular weight is 467 g/mol. The summed E-state index contributed by atoms with van der Waals surface area (Å²) in [4.78, 5) is 8.30. The van der Waals surface area contributed by atoms with Gasteiger partial charge in [-0.1, -0.05) is 45.0 Å². The van der Waals surface area contributed by atoms with E-state index in [0.717, 1.165) is 16.7 Å². The number of nitrogens with two attached hydrogens (primary N) is 2. The van der Waals surface area contributed by atoms with Crippen LogP contribution in [0.15, 0.2) is 42.6 Å². The van der Waals surface area contributed by atoms with E-state index in [2.05, 4.69) is 74.2 Å². The first-order valence-electron chi connectivity index (χ1n) is 10.9. The number of anilines is 2. The van der Waals surface area contributed by atoms with Crippen LogP contribution in [0.1, 0.15) is 43.6 Å². The molecule has 1 unspecified atom stereocenters. The van der Waals surface area contributed by atoms with Crippen molar-refractivity contribution in [2.45, 2.75) is 45.4 Å². The summed E-state index contributed by atoms with van der Waals surface area (Å²) in [6.45, 7) is 10.8. The fraction of sp³-hybridized carbons (Fsp3) is 0.360. The zero-order valence-corrected chi connectivity index (χ0v) is 21.6. The van der Waals surface area contributed by atoms with E-state index in [9.17, 15) is 0 Å². The lowest BCUT2D eigenvalue weighted by molar-refractivity contribution is 0.251. The van der Waals surface area contributed by atoms with Gasteiger partial charge in [0, 0.05) is 17.3 Å². The Morgan fingerprint density at radius 3 is 2.30 bits per heavy atom. The summed E-state index contributed by atoms with van der Waals surface area (Å²) >= 11 is 0. The Morgan fingerprint density at radius 2 is 1.73 bits per heavy atom. The second-order valence-corrected chi connectivity index (χ2v) is 11.6. The molecule has 1 atom stereocenters. The molecule has 0 bridgehead atoms. The zero-order valence-electron chi connectivity index (χ0n) is 20.5. The topological polar surface area (TPSA) is 106 Å². The Labute approximate surface area is 197 Å². The fourth-order valence-corrected chi connectivity index (χ4v) is 4.58. The fourth-order valence-electron chi connectivity index (χ4n) is 3.73. The van der Waals surface area contributed by atoms with Gasteiger partial charge in [-0.2, -0.15) is 4.98 Å². The lowest BCUT2D eigenvalue weighted by Gasteiger charge is -2.25. The highest BCUT2D eigenvalue weighted by atomic mass is 28.3. The summed E-state index contributed by atoms with van der Waals surface area (Å²) in [6, 6.07) is 12.5. The maximum atomic E-state index is 6.43. The lowest BCUT2D eigenvalue weighted by Crippen LogP contribution is -2.18. The molecule has 0 aliphatic heterocycles. The molecule has 0 saturated carbocycles. The number of aromatic nitrogens is 2. The van der Waals surface area contributed by atoms with Gasteiger partial charge in [0.2, 0.25) is 5.95 Å². The summed E-state index contributed by atoms with van der Waals surface area (Å²) in [5, 5.41) is 0. The highest BCUT2D eigenvalue weighted by Gasteiger charge is 2.25. The molecular formula is C25H34N4O3Si. The minimum Gasteiger partial charge on any atom is -0.493 e. The molecule has 0 aliphatic carbocycles. The molecule has 1 heterocycles. The summed E-state index contributed by atoms with van der Waals surface area (Å²) < 4.78 is 17.9. The minimum absolute atomic E-state index is 0.00951. The minimum atomic E-state index is -1.48. The van der Waals surface area contributed by atoms with Gasteiger partial charge in [-0.05, 0) is 47.3 Å². The molecule has 176 valence electrons. The van der Waals surface area contributed by atoms with E-state index in [1.54, 1.807) is 20.4 Å². The van der Waals surface area contributed by atoms with E-state index < -0.39 is 15.1 Å². The monoisotopic (exact) mass is 466 g/mol. The number of rotatable bonds is 7. The van der Waals surface area contributed by atoms with Crippen LogP contribution < -0.4 is 20.9 Å². The molecule has 0 amide bonds. The standard InChI is InChI=1S/C25H34N4O3Si/c1-25(2,3)17-10-8-9-15(11-17)18-12-16(13-20(30-4)22(18)31-5)21(32-33(6)7)19-14-28-24(27)29-23(19)26/h8-14,21,33H,1-7H3,(H4,26,27,28,29). The molecule has 0 spiro atoms. The summed E-state index contributed by atoms with van der Waals surface area (Å²) in [7, 11) is 1.80. The van der Waals surface area contributed by atoms with Gasteiger partial charge in [0.05, 0.1) is 14.2 Å². The van der Waals surface area contributed by atoms with Crippen molar-refractivity contribution in [1.29, 1.82) is 0 Å². The molecule has 4 N–H and O–H groups in total. The van der Waals surface area contributed by atoms with Crippen molar-refractivity contribution in [3.05, 3.63) is 59.3 Å². The van der Waals surface area contributed by atoms with Gasteiger partial charge in [-0.3, -0.25) is 0 Å². The Morgan fingerprint density at radius 1 is 1.00 bits per heavy atom. The number of benzene rings is 2. The quantitative estimate of drug-likeness (QED) is 0.486. The van der Waals surface area contributed by atoms with E-state index in [-0.39, 0.29) is 11.4 Å². The third-order valence-electron chi connectivity index (χ3n) is 5.40. The molecular weight excluding hydrogens is 432 g/mol. The van der Waals surface area contributed by atoms with Crippen LogP contribution in [0.2, 0.25) is 13.1 Å². The van der Waals surface area contributed by atoms with Crippen LogP contribution in [-0.4, -0.2) is 33.2 Å². The highest BCUT2D eigenvalue weighted by Crippen LogP contribution is 2.43. The number of hydrogen-bond donors (Lipinski definition) is 2. The molecule has 0 fully saturated rings. The van der Waals surface area contributed by atoms with Crippen LogP contribution in [0.5, 0.6) is 11.5 Å². The van der Waals surface area contributed by atoms with Crippen molar-refractivity contribution in [2.24, 2.45) is 0 Å². The lowest BCUT2D eigenvalue weighted by atomic mass is 9.85. The summed E-state index contributed by atoms with van der Waals surface area (Å²) in [5.74, 6) is 1.70. The molecule has 0 saturated heterocycles. The average Bonchev–Trinajstić information content (AvgIpc) is 2.76. The van der Waals surface area contributed by atoms with Crippen molar-refractivity contribution < 1.29 is 13.9 Å². The SMILES string of the molecule is COc1cc(C(O[SiH](C)C)c2cnc(N)nc2N)cc(-c2cccc(C(C)(C)C)c2)c1OC. The van der Waals surface area contributed by atoms with Crippen molar-refractivity contribution in [3.8, 4) is 22.6 Å². The van der Waals surface area contributed by atoms with Crippen LogP contribution in [0.4, 0.5) is 11.8 Å². The zero-order chi connectivity index (χ0) is 24.3. The number of ether oxygens (including phenoxy) is 2. The molecule has 33 heavy (non-hydrogen) atoms. The van der Waals surface area contributed by atoms with E-state index in [1.807, 2.05) is 6.07 Å². The number of nitrogen functional groups attached to an aromatic ring is 2. The maximum absolute atomic E-state index is 6.43. The van der Waals surface area contributed by atoms with Gasteiger partial charge < -0.3 is 25.4 Å². The molecule has 8 heteroatoms. The second-order valence-electron chi connectivity index (χ2n) is 9.27. The van der Waals surface area contributed by atoms with Crippen molar-refractivity contribution in [1.82, 2.24) is 9.97 Å². The predicted molar refractivity (Wildman–Crippen MR) is 136 cm³/mol. The van der Waals surface area contributed by atoms with Gasteiger partial charge in [0.15, 0.2) is 20.5 Å². The molecule has 3 rings (SSSR count). The van der Waals surface area contributed by atoms with E-state index in [4.69, 9.17) is 25.4 Å². The van der Waals surface area contributed by atoms with E-state index >= 15 is 0 Å². The number of methoxy groups -OCH3 is 2. The first-order valence-corrected chi connectivity index (χ1v) is 13.7. The van der Waals surface area contributed by atoms with Crippen LogP contribution in [0.25, 0.3) is 11.1 Å². The van der Waals surface area contributed by atoms with E-state index in [1.165, 1.54) is 5.56 Å². The second kappa shape index (κ2) is 9.80. The van der Waals surface area contributed by atoms with Crippen LogP contribution in [-0.2, 0) is 9.84 Å².